The molecule has 0 fully saturated rings. The predicted octanol–water partition coefficient (Wildman–Crippen LogP) is 2.43. The number of nitriles is 1. The van der Waals surface area contributed by atoms with Crippen molar-refractivity contribution in [3.8, 4) is 17.5 Å². The molecule has 0 bridgehead atoms. The highest BCUT2D eigenvalue weighted by atomic mass is 15.1. The average molecular weight is 208 g/mol. The number of nitrogens with one attached hydrogen (secondary N) is 2. The van der Waals surface area contributed by atoms with Gasteiger partial charge in [-0.15, -0.1) is 0 Å². The maximum atomic E-state index is 8.99. The second kappa shape index (κ2) is 3.24. The minimum atomic E-state index is 0.680. The number of aromatic amines is 2. The van der Waals surface area contributed by atoms with Crippen molar-refractivity contribution in [3.05, 3.63) is 42.1 Å². The Morgan fingerprint density at radius 2 is 2.12 bits per heavy atom. The van der Waals surface area contributed by atoms with Crippen LogP contribution >= 0.6 is 0 Å². The molecule has 2 N–H and O–H groups in total. The van der Waals surface area contributed by atoms with Gasteiger partial charge in [0.05, 0.1) is 23.0 Å². The summed E-state index contributed by atoms with van der Waals surface area (Å²) in [6.45, 7) is 0. The van der Waals surface area contributed by atoms with E-state index in [0.29, 0.717) is 5.56 Å². The third kappa shape index (κ3) is 1.19. The van der Waals surface area contributed by atoms with Crippen LogP contribution in [0.1, 0.15) is 5.56 Å². The molecule has 0 aliphatic carbocycles. The van der Waals surface area contributed by atoms with Crippen molar-refractivity contribution in [2.45, 2.75) is 0 Å². The van der Waals surface area contributed by atoms with Crippen LogP contribution in [0.25, 0.3) is 22.3 Å². The summed E-state index contributed by atoms with van der Waals surface area (Å²) in [5.41, 5.74) is 3.50. The van der Waals surface area contributed by atoms with Crippen LogP contribution in [0, 0.1) is 11.3 Å². The van der Waals surface area contributed by atoms with Gasteiger partial charge in [-0.1, -0.05) is 6.07 Å². The SMILES string of the molecule is N#Cc1cccc2[nH]c(-c3ccn[nH]3)cc12. The van der Waals surface area contributed by atoms with Gasteiger partial charge in [0.15, 0.2) is 0 Å². The van der Waals surface area contributed by atoms with Crippen LogP contribution in [-0.2, 0) is 0 Å². The summed E-state index contributed by atoms with van der Waals surface area (Å²) < 4.78 is 0. The van der Waals surface area contributed by atoms with Crippen LogP contribution in [0.3, 0.4) is 0 Å². The highest BCUT2D eigenvalue weighted by Gasteiger charge is 2.06. The van der Waals surface area contributed by atoms with Crippen LogP contribution in [-0.4, -0.2) is 15.2 Å². The molecule has 0 saturated heterocycles. The molecule has 0 radical (unpaired) electrons. The highest BCUT2D eigenvalue weighted by Crippen LogP contribution is 2.24. The molecular weight excluding hydrogens is 200 g/mol. The van der Waals surface area contributed by atoms with Gasteiger partial charge in [-0.25, -0.2) is 0 Å². The Bertz CT molecular complexity index is 671. The maximum absolute atomic E-state index is 8.99. The molecule has 0 unspecified atom stereocenters. The van der Waals surface area contributed by atoms with E-state index >= 15 is 0 Å². The molecule has 0 aliphatic heterocycles. The summed E-state index contributed by atoms with van der Waals surface area (Å²) in [7, 11) is 0. The van der Waals surface area contributed by atoms with Gasteiger partial charge in [0.1, 0.15) is 0 Å². The van der Waals surface area contributed by atoms with Crippen LogP contribution in [0.15, 0.2) is 36.5 Å². The quantitative estimate of drug-likeness (QED) is 0.644. The van der Waals surface area contributed by atoms with Gasteiger partial charge in [0.25, 0.3) is 0 Å². The first kappa shape index (κ1) is 8.74. The smallest absolute Gasteiger partial charge is 0.0998 e. The normalized spacial score (nSPS) is 10.4. The Labute approximate surface area is 91.5 Å². The first-order valence-electron chi connectivity index (χ1n) is 4.90. The van der Waals surface area contributed by atoms with Gasteiger partial charge < -0.3 is 4.98 Å². The third-order valence-corrected chi connectivity index (χ3v) is 2.58. The number of H-pyrrole nitrogens is 2. The van der Waals surface area contributed by atoms with Crippen LogP contribution in [0.5, 0.6) is 0 Å². The molecule has 4 nitrogen and oxygen atoms in total. The molecule has 4 heteroatoms. The van der Waals surface area contributed by atoms with Gasteiger partial charge >= 0.3 is 0 Å². The number of benzene rings is 1. The van der Waals surface area contributed by atoms with E-state index in [4.69, 9.17) is 5.26 Å². The second-order valence-electron chi connectivity index (χ2n) is 3.53. The summed E-state index contributed by atoms with van der Waals surface area (Å²) in [5, 5.41) is 16.7. The van der Waals surface area contributed by atoms with Crippen molar-refractivity contribution >= 4 is 10.9 Å². The Morgan fingerprint density at radius 1 is 1.19 bits per heavy atom. The standard InChI is InChI=1S/C12H8N4/c13-7-8-2-1-3-10-9(8)6-12(15-10)11-4-5-14-16-11/h1-6,15H,(H,14,16). The third-order valence-electron chi connectivity index (χ3n) is 2.58. The van der Waals surface area contributed by atoms with Crippen LogP contribution < -0.4 is 0 Å². The van der Waals surface area contributed by atoms with E-state index < -0.39 is 0 Å². The van der Waals surface area contributed by atoms with E-state index in [9.17, 15) is 0 Å². The summed E-state index contributed by atoms with van der Waals surface area (Å²) in [6.07, 6.45) is 1.70. The molecule has 0 saturated carbocycles. The maximum Gasteiger partial charge on any atom is 0.0998 e. The van der Waals surface area contributed by atoms with Crippen molar-refractivity contribution in [1.29, 1.82) is 5.26 Å². The number of aromatic nitrogens is 3. The Balaban J connectivity index is 2.28. The lowest BCUT2D eigenvalue weighted by Crippen LogP contribution is -1.75. The zero-order valence-electron chi connectivity index (χ0n) is 8.36. The second-order valence-corrected chi connectivity index (χ2v) is 3.53. The zero-order valence-corrected chi connectivity index (χ0v) is 8.36. The summed E-state index contributed by atoms with van der Waals surface area (Å²) >= 11 is 0. The number of nitrogens with zero attached hydrogens (tertiary/aromatic N) is 2. The molecule has 3 aromatic rings. The fraction of sp³-hybridized carbons (Fsp3) is 0. The molecule has 0 amide bonds. The van der Waals surface area contributed by atoms with E-state index in [1.165, 1.54) is 0 Å². The largest absolute Gasteiger partial charge is 0.353 e. The van der Waals surface area contributed by atoms with Crippen LogP contribution in [0.2, 0.25) is 0 Å². The summed E-state index contributed by atoms with van der Waals surface area (Å²) in [6, 6.07) is 11.7. The molecule has 2 heterocycles. The van der Waals surface area contributed by atoms with Crippen molar-refractivity contribution in [1.82, 2.24) is 15.2 Å². The molecule has 0 spiro atoms. The van der Waals surface area contributed by atoms with Crippen LogP contribution in [0.4, 0.5) is 0 Å². The van der Waals surface area contributed by atoms with Gasteiger partial charge in [0, 0.05) is 17.1 Å². The lowest BCUT2D eigenvalue weighted by atomic mass is 10.1. The fourth-order valence-corrected chi connectivity index (χ4v) is 1.80. The van der Waals surface area contributed by atoms with Gasteiger partial charge in [-0.2, -0.15) is 10.4 Å². The van der Waals surface area contributed by atoms with Crippen molar-refractivity contribution < 1.29 is 0 Å². The number of rotatable bonds is 1. The highest BCUT2D eigenvalue weighted by molar-refractivity contribution is 5.89. The minimum absolute atomic E-state index is 0.680. The van der Waals surface area contributed by atoms with E-state index in [2.05, 4.69) is 21.3 Å². The minimum Gasteiger partial charge on any atom is -0.353 e. The molecule has 76 valence electrons. The van der Waals surface area contributed by atoms with Gasteiger partial charge in [-0.05, 0) is 24.3 Å². The fourth-order valence-electron chi connectivity index (χ4n) is 1.80. The Morgan fingerprint density at radius 3 is 2.88 bits per heavy atom. The number of hydrogen-bond acceptors (Lipinski definition) is 2. The average Bonchev–Trinajstić information content (AvgIpc) is 2.96. The topological polar surface area (TPSA) is 68.3 Å². The first-order valence-corrected chi connectivity index (χ1v) is 4.90. The van der Waals surface area contributed by atoms with E-state index in [1.54, 1.807) is 6.20 Å². The molecular formula is C12H8N4. The molecule has 3 rings (SSSR count). The predicted molar refractivity (Wildman–Crippen MR) is 60.6 cm³/mol. The molecule has 2 aromatic heterocycles. The lowest BCUT2D eigenvalue weighted by Gasteiger charge is -1.90. The monoisotopic (exact) mass is 208 g/mol. The van der Waals surface area contributed by atoms with E-state index in [0.717, 1.165) is 22.3 Å². The van der Waals surface area contributed by atoms with Crippen molar-refractivity contribution in [2.24, 2.45) is 0 Å². The zero-order chi connectivity index (χ0) is 11.0. The Hall–Kier alpha value is -2.54. The van der Waals surface area contributed by atoms with E-state index in [-0.39, 0.29) is 0 Å². The van der Waals surface area contributed by atoms with Crippen molar-refractivity contribution in [2.75, 3.05) is 0 Å². The summed E-state index contributed by atoms with van der Waals surface area (Å²) in [5.74, 6) is 0. The molecule has 0 atom stereocenters. The first-order chi connectivity index (χ1) is 7.88. The van der Waals surface area contributed by atoms with Gasteiger partial charge in [-0.3, -0.25) is 5.10 Å². The summed E-state index contributed by atoms with van der Waals surface area (Å²) in [4.78, 5) is 3.25. The lowest BCUT2D eigenvalue weighted by molar-refractivity contribution is 1.09. The molecule has 0 aliphatic rings. The molecule has 16 heavy (non-hydrogen) atoms. The van der Waals surface area contributed by atoms with E-state index in [1.807, 2.05) is 30.3 Å². The number of fused-ring (bicyclic) bond motifs is 1. The molecule has 1 aromatic carbocycles. The Kier molecular flexibility index (Phi) is 1.77. The number of hydrogen-bond donors (Lipinski definition) is 2. The van der Waals surface area contributed by atoms with Crippen molar-refractivity contribution in [3.63, 3.8) is 0 Å². The van der Waals surface area contributed by atoms with Gasteiger partial charge in [0.2, 0.25) is 0 Å².